The third-order valence-electron chi connectivity index (χ3n) is 4.18. The van der Waals surface area contributed by atoms with Crippen LogP contribution in [0.3, 0.4) is 0 Å². The molecule has 0 aromatic heterocycles. The van der Waals surface area contributed by atoms with Crippen LogP contribution < -0.4 is 20.1 Å². The zero-order chi connectivity index (χ0) is 13.4. The van der Waals surface area contributed by atoms with Gasteiger partial charge in [-0.2, -0.15) is 0 Å². The lowest BCUT2D eigenvalue weighted by Gasteiger charge is -2.44. The predicted molar refractivity (Wildman–Crippen MR) is 74.8 cm³/mol. The molecule has 0 aliphatic carbocycles. The van der Waals surface area contributed by atoms with E-state index in [-0.39, 0.29) is 0 Å². The van der Waals surface area contributed by atoms with Gasteiger partial charge in [0.2, 0.25) is 6.79 Å². The monoisotopic (exact) mass is 263 g/mol. The molecule has 1 aromatic rings. The molecule has 2 aliphatic rings. The van der Waals surface area contributed by atoms with Crippen molar-refractivity contribution in [3.63, 3.8) is 0 Å². The number of likely N-dealkylation sites (N-methyl/N-ethyl adjacent to an activating group) is 1. The first-order valence-corrected chi connectivity index (χ1v) is 6.75. The van der Waals surface area contributed by atoms with Crippen LogP contribution in [0.4, 0.5) is 5.69 Å². The van der Waals surface area contributed by atoms with Crippen molar-refractivity contribution >= 4 is 5.69 Å². The van der Waals surface area contributed by atoms with E-state index >= 15 is 0 Å². The first-order chi connectivity index (χ1) is 9.19. The first-order valence-electron chi connectivity index (χ1n) is 6.75. The van der Waals surface area contributed by atoms with Crippen molar-refractivity contribution in [2.75, 3.05) is 38.4 Å². The highest BCUT2D eigenvalue weighted by atomic mass is 16.7. The lowest BCUT2D eigenvalue weighted by Crippen LogP contribution is -2.58. The van der Waals surface area contributed by atoms with Gasteiger partial charge in [-0.15, -0.1) is 0 Å². The number of hydrogen-bond acceptors (Lipinski definition) is 5. The summed E-state index contributed by atoms with van der Waals surface area (Å²) in [5, 5.41) is 0. The molecule has 0 bridgehead atoms. The molecule has 0 spiro atoms. The fourth-order valence-electron chi connectivity index (χ4n) is 2.80. The van der Waals surface area contributed by atoms with Gasteiger partial charge >= 0.3 is 0 Å². The summed E-state index contributed by atoms with van der Waals surface area (Å²) in [4.78, 5) is 4.74. The Hall–Kier alpha value is -1.46. The van der Waals surface area contributed by atoms with Crippen LogP contribution in [0, 0.1) is 0 Å². The van der Waals surface area contributed by atoms with Crippen LogP contribution in [0.1, 0.15) is 6.92 Å². The van der Waals surface area contributed by atoms with Crippen LogP contribution in [0.15, 0.2) is 18.2 Å². The van der Waals surface area contributed by atoms with E-state index in [2.05, 4.69) is 35.9 Å². The zero-order valence-corrected chi connectivity index (χ0v) is 11.5. The van der Waals surface area contributed by atoms with E-state index in [1.807, 2.05) is 6.07 Å². The SMILES string of the molecule is CC1CN(c2ccc3c(c2)OCO3)CC(CN)N1C. The normalized spacial score (nSPS) is 26.8. The molecule has 104 valence electrons. The maximum absolute atomic E-state index is 5.87. The Kier molecular flexibility index (Phi) is 3.24. The Morgan fingerprint density at radius 3 is 2.84 bits per heavy atom. The fourth-order valence-corrected chi connectivity index (χ4v) is 2.80. The number of fused-ring (bicyclic) bond motifs is 1. The molecule has 2 atom stereocenters. The van der Waals surface area contributed by atoms with Gasteiger partial charge in [-0.3, -0.25) is 4.90 Å². The Morgan fingerprint density at radius 1 is 1.26 bits per heavy atom. The van der Waals surface area contributed by atoms with Crippen LogP contribution in [-0.4, -0.2) is 50.5 Å². The summed E-state index contributed by atoms with van der Waals surface area (Å²) in [5.74, 6) is 1.68. The lowest BCUT2D eigenvalue weighted by atomic mass is 10.1. The van der Waals surface area contributed by atoms with E-state index in [1.54, 1.807) is 0 Å². The zero-order valence-electron chi connectivity index (χ0n) is 11.5. The van der Waals surface area contributed by atoms with Crippen LogP contribution in [0.5, 0.6) is 11.5 Å². The van der Waals surface area contributed by atoms with Gasteiger partial charge in [0.1, 0.15) is 0 Å². The second-order valence-corrected chi connectivity index (χ2v) is 5.35. The second kappa shape index (κ2) is 4.90. The largest absolute Gasteiger partial charge is 0.454 e. The number of rotatable bonds is 2. The molecule has 5 nitrogen and oxygen atoms in total. The minimum atomic E-state index is 0.323. The molecule has 3 rings (SSSR count). The van der Waals surface area contributed by atoms with E-state index in [9.17, 15) is 0 Å². The molecule has 5 heteroatoms. The lowest BCUT2D eigenvalue weighted by molar-refractivity contribution is 0.162. The average molecular weight is 263 g/mol. The second-order valence-electron chi connectivity index (χ2n) is 5.35. The minimum absolute atomic E-state index is 0.323. The van der Waals surface area contributed by atoms with Gasteiger partial charge in [-0.1, -0.05) is 0 Å². The Balaban J connectivity index is 1.82. The van der Waals surface area contributed by atoms with E-state index in [0.29, 0.717) is 25.4 Å². The third kappa shape index (κ3) is 2.24. The third-order valence-corrected chi connectivity index (χ3v) is 4.18. The van der Waals surface area contributed by atoms with Gasteiger partial charge in [-0.05, 0) is 26.1 Å². The van der Waals surface area contributed by atoms with E-state index in [1.165, 1.54) is 5.69 Å². The number of nitrogens with two attached hydrogens (primary N) is 1. The Labute approximate surface area is 113 Å². The summed E-state index contributed by atoms with van der Waals surface area (Å²) in [5.41, 5.74) is 7.06. The molecule has 2 heterocycles. The van der Waals surface area contributed by atoms with Crippen LogP contribution in [0.2, 0.25) is 0 Å². The molecule has 2 unspecified atom stereocenters. The summed E-state index contributed by atoms with van der Waals surface area (Å²) in [6, 6.07) is 7.03. The molecule has 0 amide bonds. The number of benzene rings is 1. The van der Waals surface area contributed by atoms with Crippen molar-refractivity contribution in [1.82, 2.24) is 4.90 Å². The quantitative estimate of drug-likeness (QED) is 0.858. The highest BCUT2D eigenvalue weighted by molar-refractivity contribution is 5.57. The van der Waals surface area contributed by atoms with Crippen molar-refractivity contribution in [2.45, 2.75) is 19.0 Å². The summed E-state index contributed by atoms with van der Waals surface area (Å²) < 4.78 is 10.8. The number of nitrogens with zero attached hydrogens (tertiary/aromatic N) is 2. The first kappa shape index (κ1) is 12.6. The number of anilines is 1. The molecule has 2 N–H and O–H groups in total. The van der Waals surface area contributed by atoms with E-state index in [4.69, 9.17) is 15.2 Å². The molecule has 1 saturated heterocycles. The maximum atomic E-state index is 5.87. The van der Waals surface area contributed by atoms with Gasteiger partial charge in [0.05, 0.1) is 0 Å². The van der Waals surface area contributed by atoms with Crippen molar-refractivity contribution in [2.24, 2.45) is 5.73 Å². The molecule has 0 saturated carbocycles. The molecular formula is C14H21N3O2. The minimum Gasteiger partial charge on any atom is -0.454 e. The summed E-state index contributed by atoms with van der Waals surface area (Å²) in [6.07, 6.45) is 0. The van der Waals surface area contributed by atoms with Gasteiger partial charge in [0.25, 0.3) is 0 Å². The number of hydrogen-bond donors (Lipinski definition) is 1. The van der Waals surface area contributed by atoms with Gasteiger partial charge < -0.3 is 20.1 Å². The van der Waals surface area contributed by atoms with Gasteiger partial charge in [-0.25, -0.2) is 0 Å². The molecule has 19 heavy (non-hydrogen) atoms. The molecule has 2 aliphatic heterocycles. The van der Waals surface area contributed by atoms with Crippen LogP contribution in [-0.2, 0) is 0 Å². The number of ether oxygens (including phenoxy) is 2. The maximum Gasteiger partial charge on any atom is 0.231 e. The van der Waals surface area contributed by atoms with E-state index < -0.39 is 0 Å². The standard InChI is InChI=1S/C14H21N3O2/c1-10-7-17(8-12(6-15)16(10)2)11-3-4-13-14(5-11)19-9-18-13/h3-5,10,12H,6-9,15H2,1-2H3. The van der Waals surface area contributed by atoms with Gasteiger partial charge in [0, 0.05) is 43.5 Å². The Bertz CT molecular complexity index is 466. The van der Waals surface area contributed by atoms with Crippen LogP contribution in [0.25, 0.3) is 0 Å². The highest BCUT2D eigenvalue weighted by Crippen LogP contribution is 2.36. The molecular weight excluding hydrogens is 242 g/mol. The average Bonchev–Trinajstić information content (AvgIpc) is 2.89. The smallest absolute Gasteiger partial charge is 0.231 e. The molecule has 0 radical (unpaired) electrons. The van der Waals surface area contributed by atoms with Crippen molar-refractivity contribution in [3.8, 4) is 11.5 Å². The summed E-state index contributed by atoms with van der Waals surface area (Å²) >= 11 is 0. The van der Waals surface area contributed by atoms with Gasteiger partial charge in [0.15, 0.2) is 11.5 Å². The molecule has 1 aromatic carbocycles. The van der Waals surface area contributed by atoms with E-state index in [0.717, 1.165) is 24.6 Å². The Morgan fingerprint density at radius 2 is 2.05 bits per heavy atom. The highest BCUT2D eigenvalue weighted by Gasteiger charge is 2.29. The predicted octanol–water partition coefficient (Wildman–Crippen LogP) is 0.883. The van der Waals surface area contributed by atoms with Crippen molar-refractivity contribution in [3.05, 3.63) is 18.2 Å². The topological polar surface area (TPSA) is 51.0 Å². The van der Waals surface area contributed by atoms with Crippen molar-refractivity contribution < 1.29 is 9.47 Å². The summed E-state index contributed by atoms with van der Waals surface area (Å²) in [7, 11) is 2.15. The summed E-state index contributed by atoms with van der Waals surface area (Å²) in [6.45, 7) is 5.21. The fraction of sp³-hybridized carbons (Fsp3) is 0.571. The molecule has 1 fully saturated rings. The number of piperazine rings is 1. The van der Waals surface area contributed by atoms with Crippen molar-refractivity contribution in [1.29, 1.82) is 0 Å². The van der Waals surface area contributed by atoms with Crippen LogP contribution >= 0.6 is 0 Å².